The van der Waals surface area contributed by atoms with E-state index in [-0.39, 0.29) is 5.70 Å². The molecule has 0 unspecified atom stereocenters. The predicted molar refractivity (Wildman–Crippen MR) is 74.4 cm³/mol. The van der Waals surface area contributed by atoms with Crippen molar-refractivity contribution in [2.75, 3.05) is 19.5 Å². The lowest BCUT2D eigenvalue weighted by molar-refractivity contribution is -0.138. The lowest BCUT2D eigenvalue weighted by Crippen LogP contribution is -2.15. The summed E-state index contributed by atoms with van der Waals surface area (Å²) in [4.78, 5) is 23.3. The zero-order valence-corrected chi connectivity index (χ0v) is 11.9. The van der Waals surface area contributed by atoms with E-state index >= 15 is 0 Å². The quantitative estimate of drug-likeness (QED) is 0.507. The minimum atomic E-state index is -0.710. The van der Waals surface area contributed by atoms with Gasteiger partial charge in [-0.3, -0.25) is 0 Å². The molecule has 1 aromatic rings. The van der Waals surface area contributed by atoms with Gasteiger partial charge in [-0.05, 0) is 18.2 Å². The number of carbonyl (C=O) groups is 2. The van der Waals surface area contributed by atoms with E-state index in [1.54, 1.807) is 18.2 Å². The van der Waals surface area contributed by atoms with Gasteiger partial charge in [-0.15, -0.1) is 12.6 Å². The molecule has 1 aromatic carbocycles. The van der Waals surface area contributed by atoms with Crippen molar-refractivity contribution in [3.63, 3.8) is 0 Å². The number of halogens is 1. The molecular weight excluding hydrogens is 290 g/mol. The molecule has 0 aliphatic heterocycles. The number of hydrogen-bond donors (Lipinski definition) is 2. The zero-order chi connectivity index (χ0) is 14.4. The molecule has 1 rings (SSSR count). The van der Waals surface area contributed by atoms with Crippen LogP contribution in [0.25, 0.3) is 0 Å². The van der Waals surface area contributed by atoms with Crippen molar-refractivity contribution >= 4 is 41.9 Å². The smallest absolute Gasteiger partial charge is 0.354 e. The highest BCUT2D eigenvalue weighted by molar-refractivity contribution is 7.80. The van der Waals surface area contributed by atoms with Gasteiger partial charge in [0, 0.05) is 9.92 Å². The van der Waals surface area contributed by atoms with Gasteiger partial charge in [0.25, 0.3) is 0 Å². The Labute approximate surface area is 120 Å². The molecule has 5 nitrogen and oxygen atoms in total. The number of carbonyl (C=O) groups excluding carboxylic acids is 2. The Bertz CT molecular complexity index is 530. The second-order valence-electron chi connectivity index (χ2n) is 3.36. The number of hydrogen-bond acceptors (Lipinski definition) is 6. The van der Waals surface area contributed by atoms with Crippen molar-refractivity contribution in [1.29, 1.82) is 0 Å². The van der Waals surface area contributed by atoms with Gasteiger partial charge in [-0.2, -0.15) is 0 Å². The van der Waals surface area contributed by atoms with E-state index in [9.17, 15) is 9.59 Å². The lowest BCUT2D eigenvalue weighted by Gasteiger charge is -2.11. The molecule has 0 aliphatic rings. The van der Waals surface area contributed by atoms with Crippen LogP contribution < -0.4 is 5.32 Å². The van der Waals surface area contributed by atoms with Gasteiger partial charge >= 0.3 is 11.9 Å². The average Bonchev–Trinajstić information content (AvgIpc) is 2.40. The molecule has 0 saturated carbocycles. The lowest BCUT2D eigenvalue weighted by atomic mass is 10.3. The van der Waals surface area contributed by atoms with Gasteiger partial charge in [-0.1, -0.05) is 11.6 Å². The number of thiol groups is 1. The molecule has 19 heavy (non-hydrogen) atoms. The Kier molecular flexibility index (Phi) is 5.72. The van der Waals surface area contributed by atoms with Crippen LogP contribution in [0.15, 0.2) is 34.9 Å². The van der Waals surface area contributed by atoms with E-state index in [1.165, 1.54) is 14.2 Å². The normalized spacial score (nSPS) is 10.8. The number of ether oxygens (including phenoxy) is 2. The Hall–Kier alpha value is -1.66. The molecule has 7 heteroatoms. The standard InChI is InChI=1S/C12H12ClNO4S/c1-17-11(15)6-9(12(16)18-2)14-8-5-7(13)3-4-10(8)19/h3-6,14,19H,1-2H3/b9-6+. The number of benzene rings is 1. The summed E-state index contributed by atoms with van der Waals surface area (Å²) in [5.41, 5.74) is 0.392. The van der Waals surface area contributed by atoms with E-state index in [0.29, 0.717) is 15.6 Å². The molecule has 0 saturated heterocycles. The number of anilines is 1. The summed E-state index contributed by atoms with van der Waals surface area (Å²) in [6, 6.07) is 4.87. The first-order valence-electron chi connectivity index (χ1n) is 5.11. The van der Waals surface area contributed by atoms with Gasteiger partial charge in [-0.25, -0.2) is 9.59 Å². The Morgan fingerprint density at radius 3 is 2.58 bits per heavy atom. The first-order valence-corrected chi connectivity index (χ1v) is 5.94. The maximum atomic E-state index is 11.5. The number of nitrogens with one attached hydrogen (secondary N) is 1. The third kappa shape index (κ3) is 4.50. The molecule has 0 aromatic heterocycles. The zero-order valence-electron chi connectivity index (χ0n) is 10.3. The van der Waals surface area contributed by atoms with Gasteiger partial charge in [0.15, 0.2) is 0 Å². The third-order valence-electron chi connectivity index (χ3n) is 2.10. The van der Waals surface area contributed by atoms with Crippen LogP contribution in [-0.2, 0) is 19.1 Å². The molecule has 0 bridgehead atoms. The summed E-state index contributed by atoms with van der Waals surface area (Å²) in [6.07, 6.45) is 0.986. The predicted octanol–water partition coefficient (Wildman–Crippen LogP) is 2.27. The van der Waals surface area contributed by atoms with Gasteiger partial charge < -0.3 is 14.8 Å². The second kappa shape index (κ2) is 7.06. The van der Waals surface area contributed by atoms with Crippen LogP contribution in [0, 0.1) is 0 Å². The van der Waals surface area contributed by atoms with Crippen molar-refractivity contribution in [3.8, 4) is 0 Å². The summed E-state index contributed by atoms with van der Waals surface area (Å²) < 4.78 is 9.02. The molecule has 0 atom stereocenters. The highest BCUT2D eigenvalue weighted by atomic mass is 35.5. The monoisotopic (exact) mass is 301 g/mol. The Morgan fingerprint density at radius 2 is 2.00 bits per heavy atom. The van der Waals surface area contributed by atoms with E-state index in [4.69, 9.17) is 11.6 Å². The Balaban J connectivity index is 3.07. The second-order valence-corrected chi connectivity index (χ2v) is 4.28. The van der Waals surface area contributed by atoms with Gasteiger partial charge in [0.1, 0.15) is 5.70 Å². The fraction of sp³-hybridized carbons (Fsp3) is 0.167. The topological polar surface area (TPSA) is 64.6 Å². The van der Waals surface area contributed by atoms with Gasteiger partial charge in [0.05, 0.1) is 26.0 Å². The van der Waals surface area contributed by atoms with Crippen molar-refractivity contribution in [2.45, 2.75) is 4.90 Å². The third-order valence-corrected chi connectivity index (χ3v) is 2.72. The molecular formula is C12H12ClNO4S. The molecule has 0 amide bonds. The minimum Gasteiger partial charge on any atom is -0.466 e. The first-order chi connectivity index (χ1) is 8.97. The van der Waals surface area contributed by atoms with Crippen molar-refractivity contribution in [1.82, 2.24) is 0 Å². The van der Waals surface area contributed by atoms with Crippen LogP contribution in [-0.4, -0.2) is 26.2 Å². The first kappa shape index (κ1) is 15.4. The molecule has 0 aliphatic carbocycles. The summed E-state index contributed by atoms with van der Waals surface area (Å²) in [6.45, 7) is 0. The molecule has 0 fully saturated rings. The van der Waals surface area contributed by atoms with Crippen LogP contribution in [0.2, 0.25) is 5.02 Å². The minimum absolute atomic E-state index is 0.0769. The summed E-state index contributed by atoms with van der Waals surface area (Å²) in [5.74, 6) is -1.39. The van der Waals surface area contributed by atoms with Crippen molar-refractivity contribution < 1.29 is 19.1 Å². The van der Waals surface area contributed by atoms with Crippen LogP contribution in [0.3, 0.4) is 0 Å². The fourth-order valence-corrected chi connectivity index (χ4v) is 1.55. The van der Waals surface area contributed by atoms with E-state index in [0.717, 1.165) is 6.08 Å². The SMILES string of the molecule is COC(=O)/C=C(/Nc1cc(Cl)ccc1S)C(=O)OC. The van der Waals surface area contributed by atoms with Crippen LogP contribution in [0.4, 0.5) is 5.69 Å². The molecule has 0 radical (unpaired) electrons. The largest absolute Gasteiger partial charge is 0.466 e. The van der Waals surface area contributed by atoms with Gasteiger partial charge in [0.2, 0.25) is 0 Å². The van der Waals surface area contributed by atoms with Crippen LogP contribution in [0.1, 0.15) is 0 Å². The summed E-state index contributed by atoms with van der Waals surface area (Å²) in [5, 5.41) is 3.19. The molecule has 1 N–H and O–H groups in total. The van der Waals surface area contributed by atoms with Crippen molar-refractivity contribution in [3.05, 3.63) is 35.0 Å². The average molecular weight is 302 g/mol. The maximum absolute atomic E-state index is 11.5. The molecule has 0 heterocycles. The number of rotatable bonds is 4. The fourth-order valence-electron chi connectivity index (χ4n) is 1.19. The van der Waals surface area contributed by atoms with E-state index in [1.807, 2.05) is 0 Å². The highest BCUT2D eigenvalue weighted by Crippen LogP contribution is 2.25. The summed E-state index contributed by atoms with van der Waals surface area (Å²) in [7, 11) is 2.41. The Morgan fingerprint density at radius 1 is 1.32 bits per heavy atom. The molecule has 0 spiro atoms. The number of esters is 2. The highest BCUT2D eigenvalue weighted by Gasteiger charge is 2.14. The van der Waals surface area contributed by atoms with E-state index in [2.05, 4.69) is 27.4 Å². The van der Waals surface area contributed by atoms with Crippen LogP contribution in [0.5, 0.6) is 0 Å². The number of methoxy groups -OCH3 is 2. The van der Waals surface area contributed by atoms with Crippen molar-refractivity contribution in [2.24, 2.45) is 0 Å². The van der Waals surface area contributed by atoms with E-state index < -0.39 is 11.9 Å². The van der Waals surface area contributed by atoms with Crippen LogP contribution >= 0.6 is 24.2 Å². The summed E-state index contributed by atoms with van der Waals surface area (Å²) >= 11 is 10.1. The molecule has 102 valence electrons. The maximum Gasteiger partial charge on any atom is 0.354 e.